The second kappa shape index (κ2) is 7.67. The van der Waals surface area contributed by atoms with E-state index in [9.17, 15) is 10.1 Å². The molecule has 0 spiro atoms. The lowest BCUT2D eigenvalue weighted by atomic mass is 10.1. The molecule has 0 saturated heterocycles. The van der Waals surface area contributed by atoms with E-state index in [0.717, 1.165) is 29.9 Å². The molecular formula is C16H21NO4. The Balaban J connectivity index is 2.03. The first-order valence-corrected chi connectivity index (χ1v) is 7.32. The van der Waals surface area contributed by atoms with Crippen molar-refractivity contribution in [2.75, 3.05) is 13.7 Å². The molecule has 0 N–H and O–H groups in total. The number of benzene rings is 1. The zero-order chi connectivity index (χ0) is 15.1. The van der Waals surface area contributed by atoms with Crippen LogP contribution in [0, 0.1) is 10.1 Å². The van der Waals surface area contributed by atoms with Gasteiger partial charge in [0.25, 0.3) is 0 Å². The highest BCUT2D eigenvalue weighted by atomic mass is 16.6. The van der Waals surface area contributed by atoms with Gasteiger partial charge in [-0.2, -0.15) is 0 Å². The van der Waals surface area contributed by atoms with Crippen molar-refractivity contribution in [3.63, 3.8) is 0 Å². The molecule has 114 valence electrons. The maximum absolute atomic E-state index is 10.3. The minimum atomic E-state index is -0.313. The van der Waals surface area contributed by atoms with Crippen molar-refractivity contribution in [2.45, 2.75) is 38.2 Å². The maximum atomic E-state index is 10.3. The van der Waals surface area contributed by atoms with Crippen LogP contribution in [0.3, 0.4) is 0 Å². The van der Waals surface area contributed by atoms with Crippen molar-refractivity contribution in [3.8, 4) is 11.5 Å². The van der Waals surface area contributed by atoms with Crippen LogP contribution in [0.4, 0.5) is 0 Å². The zero-order valence-electron chi connectivity index (χ0n) is 12.3. The maximum Gasteiger partial charge on any atom is 0.207 e. The van der Waals surface area contributed by atoms with Gasteiger partial charge in [0.1, 0.15) is 0 Å². The molecule has 1 fully saturated rings. The van der Waals surface area contributed by atoms with Gasteiger partial charge >= 0.3 is 0 Å². The highest BCUT2D eigenvalue weighted by molar-refractivity contribution is 5.55. The third-order valence-corrected chi connectivity index (χ3v) is 3.57. The van der Waals surface area contributed by atoms with E-state index in [1.165, 1.54) is 12.8 Å². The summed E-state index contributed by atoms with van der Waals surface area (Å²) in [6.45, 7) is -0.0436. The van der Waals surface area contributed by atoms with Crippen molar-refractivity contribution in [2.24, 2.45) is 0 Å². The molecule has 1 aliphatic carbocycles. The quantitative estimate of drug-likeness (QED) is 0.567. The first-order chi connectivity index (χ1) is 10.2. The minimum absolute atomic E-state index is 0.0436. The van der Waals surface area contributed by atoms with E-state index in [-0.39, 0.29) is 17.6 Å². The molecule has 0 amide bonds. The Morgan fingerprint density at radius 3 is 2.76 bits per heavy atom. The number of ether oxygens (including phenoxy) is 2. The van der Waals surface area contributed by atoms with Crippen molar-refractivity contribution in [1.29, 1.82) is 0 Å². The van der Waals surface area contributed by atoms with Gasteiger partial charge in [0.2, 0.25) is 6.54 Å². The van der Waals surface area contributed by atoms with Crippen LogP contribution in [0.5, 0.6) is 11.5 Å². The summed E-state index contributed by atoms with van der Waals surface area (Å²) in [5.41, 5.74) is 0.965. The molecule has 1 aliphatic rings. The molecule has 0 atom stereocenters. The molecule has 0 unspecified atom stereocenters. The molecule has 0 bridgehead atoms. The summed E-state index contributed by atoms with van der Waals surface area (Å²) < 4.78 is 11.3. The summed E-state index contributed by atoms with van der Waals surface area (Å²) in [5, 5.41) is 10.3. The highest BCUT2D eigenvalue weighted by Gasteiger charge is 2.18. The largest absolute Gasteiger partial charge is 0.493 e. The number of hydrogen-bond acceptors (Lipinski definition) is 4. The summed E-state index contributed by atoms with van der Waals surface area (Å²) in [5.74, 6) is 1.48. The Morgan fingerprint density at radius 2 is 2.10 bits per heavy atom. The molecule has 0 heterocycles. The van der Waals surface area contributed by atoms with E-state index in [0.29, 0.717) is 6.42 Å². The lowest BCUT2D eigenvalue weighted by molar-refractivity contribution is -0.478. The molecular weight excluding hydrogens is 270 g/mol. The first-order valence-electron chi connectivity index (χ1n) is 7.32. The normalized spacial score (nSPS) is 15.5. The average Bonchev–Trinajstić information content (AvgIpc) is 2.97. The van der Waals surface area contributed by atoms with Gasteiger partial charge in [0, 0.05) is 11.3 Å². The Morgan fingerprint density at radius 1 is 1.33 bits per heavy atom. The van der Waals surface area contributed by atoms with Crippen molar-refractivity contribution in [1.82, 2.24) is 0 Å². The zero-order valence-corrected chi connectivity index (χ0v) is 12.3. The van der Waals surface area contributed by atoms with E-state index in [4.69, 9.17) is 9.47 Å². The van der Waals surface area contributed by atoms with Crippen molar-refractivity contribution < 1.29 is 14.4 Å². The molecule has 0 aromatic heterocycles. The van der Waals surface area contributed by atoms with E-state index in [2.05, 4.69) is 0 Å². The summed E-state index contributed by atoms with van der Waals surface area (Å²) >= 11 is 0. The fourth-order valence-corrected chi connectivity index (χ4v) is 2.47. The Kier molecular flexibility index (Phi) is 5.60. The van der Waals surface area contributed by atoms with Gasteiger partial charge in [-0.05, 0) is 43.4 Å². The van der Waals surface area contributed by atoms with Crippen LogP contribution in [0.2, 0.25) is 0 Å². The van der Waals surface area contributed by atoms with Gasteiger partial charge in [-0.3, -0.25) is 10.1 Å². The number of nitrogens with zero attached hydrogens (tertiary/aromatic N) is 1. The van der Waals surface area contributed by atoms with Gasteiger partial charge < -0.3 is 9.47 Å². The number of methoxy groups -OCH3 is 1. The SMILES string of the molecule is COc1ccc(/C=C/CC[N+](=O)[O-])cc1OC1CCCC1. The van der Waals surface area contributed by atoms with Crippen LogP contribution in [0.1, 0.15) is 37.7 Å². The second-order valence-corrected chi connectivity index (χ2v) is 5.18. The van der Waals surface area contributed by atoms with E-state index in [1.54, 1.807) is 7.11 Å². The van der Waals surface area contributed by atoms with Crippen molar-refractivity contribution >= 4 is 6.08 Å². The van der Waals surface area contributed by atoms with Crippen LogP contribution in [0.25, 0.3) is 6.08 Å². The molecule has 1 aromatic rings. The fraction of sp³-hybridized carbons (Fsp3) is 0.500. The standard InChI is InChI=1S/C16H21NO4/c1-20-15-10-9-13(6-4-5-11-17(18)19)12-16(15)21-14-7-2-3-8-14/h4,6,9-10,12,14H,2-3,5,7-8,11H2,1H3/b6-4+. The van der Waals surface area contributed by atoms with Gasteiger partial charge in [-0.15, -0.1) is 0 Å². The molecule has 21 heavy (non-hydrogen) atoms. The van der Waals surface area contributed by atoms with Gasteiger partial charge in [0.05, 0.1) is 13.2 Å². The smallest absolute Gasteiger partial charge is 0.207 e. The van der Waals surface area contributed by atoms with Crippen LogP contribution < -0.4 is 9.47 Å². The Bertz CT molecular complexity index is 507. The predicted octanol–water partition coefficient (Wildman–Crippen LogP) is 3.70. The molecule has 0 radical (unpaired) electrons. The van der Waals surface area contributed by atoms with Crippen molar-refractivity contribution in [3.05, 3.63) is 40.0 Å². The third kappa shape index (κ3) is 4.77. The number of hydrogen-bond donors (Lipinski definition) is 0. The summed E-state index contributed by atoms with van der Waals surface area (Å²) in [6.07, 6.45) is 9.00. The molecule has 1 saturated carbocycles. The van der Waals surface area contributed by atoms with Crippen LogP contribution in [-0.4, -0.2) is 24.7 Å². The lowest BCUT2D eigenvalue weighted by Crippen LogP contribution is -2.11. The summed E-state index contributed by atoms with van der Waals surface area (Å²) in [6, 6.07) is 5.72. The summed E-state index contributed by atoms with van der Waals surface area (Å²) in [7, 11) is 1.63. The lowest BCUT2D eigenvalue weighted by Gasteiger charge is -2.16. The Hall–Kier alpha value is -2.04. The van der Waals surface area contributed by atoms with E-state index < -0.39 is 0 Å². The number of rotatable bonds is 7. The van der Waals surface area contributed by atoms with Crippen LogP contribution in [-0.2, 0) is 0 Å². The third-order valence-electron chi connectivity index (χ3n) is 3.57. The first kappa shape index (κ1) is 15.4. The van der Waals surface area contributed by atoms with E-state index in [1.807, 2.05) is 30.4 Å². The van der Waals surface area contributed by atoms with E-state index >= 15 is 0 Å². The van der Waals surface area contributed by atoms with Gasteiger partial charge in [-0.25, -0.2) is 0 Å². The average molecular weight is 291 g/mol. The predicted molar refractivity (Wildman–Crippen MR) is 81.4 cm³/mol. The molecule has 1 aromatic carbocycles. The molecule has 5 nitrogen and oxygen atoms in total. The second-order valence-electron chi connectivity index (χ2n) is 5.18. The number of nitro groups is 1. The molecule has 0 aliphatic heterocycles. The Labute approximate surface area is 124 Å². The van der Waals surface area contributed by atoms with Crippen LogP contribution >= 0.6 is 0 Å². The van der Waals surface area contributed by atoms with Crippen LogP contribution in [0.15, 0.2) is 24.3 Å². The highest BCUT2D eigenvalue weighted by Crippen LogP contribution is 2.32. The fourth-order valence-electron chi connectivity index (χ4n) is 2.47. The monoisotopic (exact) mass is 291 g/mol. The minimum Gasteiger partial charge on any atom is -0.493 e. The molecule has 2 rings (SSSR count). The van der Waals surface area contributed by atoms with Gasteiger partial charge in [-0.1, -0.05) is 18.2 Å². The molecule has 5 heteroatoms. The summed E-state index contributed by atoms with van der Waals surface area (Å²) in [4.78, 5) is 9.96. The topological polar surface area (TPSA) is 61.6 Å². The van der Waals surface area contributed by atoms with Gasteiger partial charge in [0.15, 0.2) is 11.5 Å².